The average molecular weight is 411 g/mol. The Bertz CT molecular complexity index is 980. The molecule has 0 aliphatic carbocycles. The predicted molar refractivity (Wildman–Crippen MR) is 108 cm³/mol. The number of methoxy groups -OCH3 is 2. The van der Waals surface area contributed by atoms with E-state index in [2.05, 4.69) is 11.0 Å². The summed E-state index contributed by atoms with van der Waals surface area (Å²) in [6, 6.07) is 11.6. The van der Waals surface area contributed by atoms with Crippen molar-refractivity contribution >= 4 is 17.7 Å². The fraction of sp³-hybridized carbons (Fsp3) is 0.333. The monoisotopic (exact) mass is 411 g/mol. The summed E-state index contributed by atoms with van der Waals surface area (Å²) in [5, 5.41) is 10.7. The summed E-state index contributed by atoms with van der Waals surface area (Å²) in [7, 11) is 3.18. The lowest BCUT2D eigenvalue weighted by molar-refractivity contribution is -0.132. The molecule has 3 heterocycles. The molecule has 0 bridgehead atoms. The van der Waals surface area contributed by atoms with Crippen LogP contribution in [-0.4, -0.2) is 42.5 Å². The third kappa shape index (κ3) is 3.71. The van der Waals surface area contributed by atoms with E-state index in [9.17, 15) is 10.1 Å². The van der Waals surface area contributed by atoms with Crippen molar-refractivity contribution < 1.29 is 18.7 Å². The Morgan fingerprint density at radius 1 is 1.31 bits per heavy atom. The Balaban J connectivity index is 1.66. The van der Waals surface area contributed by atoms with Crippen LogP contribution in [0.25, 0.3) is 0 Å². The second-order valence-electron chi connectivity index (χ2n) is 6.84. The largest absolute Gasteiger partial charge is 0.497 e. The van der Waals surface area contributed by atoms with Crippen molar-refractivity contribution in [3.05, 3.63) is 58.5 Å². The molecule has 0 saturated carbocycles. The van der Waals surface area contributed by atoms with Gasteiger partial charge >= 0.3 is 0 Å². The Morgan fingerprint density at radius 2 is 2.17 bits per heavy atom. The van der Waals surface area contributed by atoms with Gasteiger partial charge in [-0.3, -0.25) is 14.6 Å². The molecule has 0 N–H and O–H groups in total. The lowest BCUT2D eigenvalue weighted by Crippen LogP contribution is -2.46. The quantitative estimate of drug-likeness (QED) is 0.745. The van der Waals surface area contributed by atoms with Crippen LogP contribution in [0.15, 0.2) is 51.6 Å². The van der Waals surface area contributed by atoms with Crippen molar-refractivity contribution in [1.82, 2.24) is 9.80 Å². The van der Waals surface area contributed by atoms with Crippen LogP contribution in [0.3, 0.4) is 0 Å². The highest BCUT2D eigenvalue weighted by Gasteiger charge is 2.39. The third-order valence-electron chi connectivity index (χ3n) is 5.12. The van der Waals surface area contributed by atoms with Gasteiger partial charge in [0.2, 0.25) is 5.91 Å². The van der Waals surface area contributed by atoms with Crippen LogP contribution < -0.4 is 9.47 Å². The van der Waals surface area contributed by atoms with Crippen LogP contribution >= 0.6 is 11.8 Å². The number of ether oxygens (including phenoxy) is 2. The van der Waals surface area contributed by atoms with E-state index in [0.29, 0.717) is 36.2 Å². The van der Waals surface area contributed by atoms with Crippen molar-refractivity contribution in [1.29, 1.82) is 5.26 Å². The number of fused-ring (bicyclic) bond motifs is 1. The Kier molecular flexibility index (Phi) is 5.51. The molecule has 0 unspecified atom stereocenters. The number of allylic oxidation sites excluding steroid dienone is 1. The standard InChI is InChI=1S/C21H21N3O4S/c1-26-14-5-6-19(27-2)17(8-14)16-9-20(25)24-12-23(11-15-4-3-7-28-15)13-29-21(24)18(16)10-22/h3-8,16H,9,11-13H2,1-2H3/t16-/m0/s1. The second-order valence-corrected chi connectivity index (χ2v) is 7.77. The number of furan rings is 1. The van der Waals surface area contributed by atoms with E-state index in [-0.39, 0.29) is 18.2 Å². The average Bonchev–Trinajstić information content (AvgIpc) is 3.26. The lowest BCUT2D eigenvalue weighted by Gasteiger charge is -2.41. The topological polar surface area (TPSA) is 78.9 Å². The van der Waals surface area contributed by atoms with Gasteiger partial charge in [0.25, 0.3) is 0 Å². The number of hydrogen-bond donors (Lipinski definition) is 0. The van der Waals surface area contributed by atoms with Gasteiger partial charge in [0.05, 0.1) is 56.2 Å². The molecule has 2 aliphatic heterocycles. The molecule has 29 heavy (non-hydrogen) atoms. The lowest BCUT2D eigenvalue weighted by atomic mass is 9.86. The molecule has 1 aromatic heterocycles. The molecule has 1 amide bonds. The van der Waals surface area contributed by atoms with Gasteiger partial charge < -0.3 is 13.9 Å². The first-order valence-electron chi connectivity index (χ1n) is 9.18. The minimum absolute atomic E-state index is 0.00878. The first kappa shape index (κ1) is 19.4. The molecule has 7 nitrogen and oxygen atoms in total. The molecule has 2 aliphatic rings. The summed E-state index contributed by atoms with van der Waals surface area (Å²) in [6.07, 6.45) is 1.86. The van der Waals surface area contributed by atoms with Crippen LogP contribution in [0.4, 0.5) is 0 Å². The molecule has 8 heteroatoms. The summed E-state index contributed by atoms with van der Waals surface area (Å²) in [6.45, 7) is 1.06. The van der Waals surface area contributed by atoms with Gasteiger partial charge in [0.1, 0.15) is 17.3 Å². The highest BCUT2D eigenvalue weighted by atomic mass is 32.2. The minimum atomic E-state index is -0.354. The first-order valence-corrected chi connectivity index (χ1v) is 10.2. The van der Waals surface area contributed by atoms with E-state index in [1.54, 1.807) is 31.4 Å². The molecule has 4 rings (SSSR count). The van der Waals surface area contributed by atoms with E-state index in [0.717, 1.165) is 16.4 Å². The summed E-state index contributed by atoms with van der Waals surface area (Å²) >= 11 is 1.51. The van der Waals surface area contributed by atoms with Crippen LogP contribution in [0, 0.1) is 11.3 Å². The number of carbonyl (C=O) groups is 1. The second kappa shape index (κ2) is 8.23. The maximum Gasteiger partial charge on any atom is 0.229 e. The third-order valence-corrected chi connectivity index (χ3v) is 6.33. The highest BCUT2D eigenvalue weighted by Crippen LogP contribution is 2.45. The molecule has 0 spiro atoms. The summed E-state index contributed by atoms with van der Waals surface area (Å²) in [5.41, 5.74) is 1.39. The Morgan fingerprint density at radius 3 is 2.86 bits per heavy atom. The van der Waals surface area contributed by atoms with Crippen molar-refractivity contribution in [3.8, 4) is 17.6 Å². The zero-order chi connectivity index (χ0) is 20.4. The summed E-state index contributed by atoms with van der Waals surface area (Å²) in [4.78, 5) is 16.8. The van der Waals surface area contributed by atoms with Crippen LogP contribution in [0.1, 0.15) is 23.7 Å². The molecule has 1 saturated heterocycles. The maximum atomic E-state index is 13.0. The number of nitriles is 1. The Labute approximate surface area is 173 Å². The first-order chi connectivity index (χ1) is 14.1. The van der Waals surface area contributed by atoms with Gasteiger partial charge in [-0.25, -0.2) is 0 Å². The van der Waals surface area contributed by atoms with E-state index in [1.165, 1.54) is 11.8 Å². The van der Waals surface area contributed by atoms with E-state index in [4.69, 9.17) is 13.9 Å². The van der Waals surface area contributed by atoms with Crippen molar-refractivity contribution in [2.24, 2.45) is 0 Å². The van der Waals surface area contributed by atoms with Gasteiger partial charge in [0, 0.05) is 17.9 Å². The van der Waals surface area contributed by atoms with Gasteiger partial charge in [-0.05, 0) is 30.3 Å². The normalized spacial score (nSPS) is 19.7. The van der Waals surface area contributed by atoms with Crippen molar-refractivity contribution in [2.45, 2.75) is 18.9 Å². The van der Waals surface area contributed by atoms with E-state index < -0.39 is 0 Å². The molecule has 2 aromatic rings. The summed E-state index contributed by atoms with van der Waals surface area (Å²) < 4.78 is 16.3. The zero-order valence-corrected chi connectivity index (χ0v) is 17.1. The van der Waals surface area contributed by atoms with Crippen LogP contribution in [0.2, 0.25) is 0 Å². The van der Waals surface area contributed by atoms with Gasteiger partial charge in [-0.15, -0.1) is 0 Å². The van der Waals surface area contributed by atoms with Gasteiger partial charge in [0.15, 0.2) is 0 Å². The number of thioether (sulfide) groups is 1. The van der Waals surface area contributed by atoms with Crippen LogP contribution in [-0.2, 0) is 11.3 Å². The number of benzene rings is 1. The fourth-order valence-corrected chi connectivity index (χ4v) is 4.84. The molecular weight excluding hydrogens is 390 g/mol. The number of carbonyl (C=O) groups excluding carboxylic acids is 1. The van der Waals surface area contributed by atoms with Crippen molar-refractivity contribution in [2.75, 3.05) is 26.8 Å². The number of rotatable bonds is 5. The molecule has 1 atom stereocenters. The molecule has 150 valence electrons. The number of nitrogens with zero attached hydrogens (tertiary/aromatic N) is 3. The molecular formula is C21H21N3O4S. The van der Waals surface area contributed by atoms with Gasteiger partial charge in [-0.1, -0.05) is 11.8 Å². The highest BCUT2D eigenvalue weighted by molar-refractivity contribution is 8.03. The zero-order valence-electron chi connectivity index (χ0n) is 16.3. The van der Waals surface area contributed by atoms with Crippen molar-refractivity contribution in [3.63, 3.8) is 0 Å². The predicted octanol–water partition coefficient (Wildman–Crippen LogP) is 3.51. The maximum absolute atomic E-state index is 13.0. The smallest absolute Gasteiger partial charge is 0.229 e. The number of hydrogen-bond acceptors (Lipinski definition) is 7. The van der Waals surface area contributed by atoms with E-state index >= 15 is 0 Å². The van der Waals surface area contributed by atoms with Crippen LogP contribution in [0.5, 0.6) is 11.5 Å². The van der Waals surface area contributed by atoms with E-state index in [1.807, 2.05) is 24.3 Å². The molecule has 0 radical (unpaired) electrons. The SMILES string of the molecule is COc1ccc(OC)c([C@@H]2CC(=O)N3CN(Cc4ccco4)CSC3=C2C#N)c1. The summed E-state index contributed by atoms with van der Waals surface area (Å²) in [5.74, 6) is 2.47. The minimum Gasteiger partial charge on any atom is -0.497 e. The number of amides is 1. The van der Waals surface area contributed by atoms with Gasteiger partial charge in [-0.2, -0.15) is 5.26 Å². The molecule has 1 aromatic carbocycles. The Hall–Kier alpha value is -2.89. The molecule has 1 fully saturated rings. The fourth-order valence-electron chi connectivity index (χ4n) is 3.71.